The molecule has 0 saturated carbocycles. The Morgan fingerprint density at radius 1 is 1.19 bits per heavy atom. The Balaban J connectivity index is 3.58. The maximum Gasteiger partial charge on any atom is 0.243 e. The summed E-state index contributed by atoms with van der Waals surface area (Å²) in [6, 6.07) is 0. The lowest BCUT2D eigenvalue weighted by molar-refractivity contribution is -0.122. The fourth-order valence-corrected chi connectivity index (χ4v) is 1.06. The summed E-state index contributed by atoms with van der Waals surface area (Å²) in [6.45, 7) is 10.5. The first kappa shape index (κ1) is 14.7. The zero-order valence-corrected chi connectivity index (χ0v) is 10.4. The van der Waals surface area contributed by atoms with Gasteiger partial charge in [0.2, 0.25) is 11.8 Å². The quantitative estimate of drug-likeness (QED) is 0.504. The minimum Gasteiger partial charge on any atom is -0.354 e. The van der Waals surface area contributed by atoms with E-state index in [1.165, 1.54) is 6.08 Å². The highest BCUT2D eigenvalue weighted by Crippen LogP contribution is 2.13. The van der Waals surface area contributed by atoms with Crippen LogP contribution in [0.2, 0.25) is 0 Å². The molecule has 0 spiro atoms. The third kappa shape index (κ3) is 7.04. The minimum absolute atomic E-state index is 0.0362. The monoisotopic (exact) mass is 226 g/mol. The molecule has 1 unspecified atom stereocenters. The largest absolute Gasteiger partial charge is 0.354 e. The molecule has 4 nitrogen and oxygen atoms in total. The molecular weight excluding hydrogens is 204 g/mol. The molecule has 0 aliphatic heterocycles. The Kier molecular flexibility index (Phi) is 7.25. The van der Waals surface area contributed by atoms with Crippen molar-refractivity contribution in [2.75, 3.05) is 13.1 Å². The van der Waals surface area contributed by atoms with Gasteiger partial charge in [0, 0.05) is 19.5 Å². The molecule has 0 fully saturated rings. The molecule has 0 aromatic rings. The number of hydrogen-bond acceptors (Lipinski definition) is 2. The maximum absolute atomic E-state index is 11.4. The maximum atomic E-state index is 11.4. The summed E-state index contributed by atoms with van der Waals surface area (Å²) in [4.78, 5) is 22.2. The van der Waals surface area contributed by atoms with Crippen LogP contribution in [0.3, 0.4) is 0 Å². The van der Waals surface area contributed by atoms with Crippen LogP contribution in [0.25, 0.3) is 0 Å². The van der Waals surface area contributed by atoms with Gasteiger partial charge >= 0.3 is 0 Å². The molecule has 1 atom stereocenters. The van der Waals surface area contributed by atoms with Crippen molar-refractivity contribution in [1.29, 1.82) is 0 Å². The summed E-state index contributed by atoms with van der Waals surface area (Å²) < 4.78 is 0. The fraction of sp³-hybridized carbons (Fsp3) is 0.667. The van der Waals surface area contributed by atoms with Crippen LogP contribution in [0.1, 0.15) is 27.2 Å². The molecule has 16 heavy (non-hydrogen) atoms. The van der Waals surface area contributed by atoms with E-state index in [0.717, 1.165) is 0 Å². The van der Waals surface area contributed by atoms with Gasteiger partial charge in [0.05, 0.1) is 0 Å². The van der Waals surface area contributed by atoms with Crippen LogP contribution in [-0.2, 0) is 9.59 Å². The van der Waals surface area contributed by atoms with E-state index in [1.54, 1.807) is 0 Å². The van der Waals surface area contributed by atoms with Crippen LogP contribution in [-0.4, -0.2) is 24.9 Å². The number of carbonyl (C=O) groups excluding carboxylic acids is 2. The number of carbonyl (C=O) groups is 2. The first-order chi connectivity index (χ1) is 7.47. The van der Waals surface area contributed by atoms with E-state index in [1.807, 2.05) is 0 Å². The van der Waals surface area contributed by atoms with Crippen molar-refractivity contribution in [3.8, 4) is 0 Å². The highest BCUT2D eigenvalue weighted by Gasteiger charge is 2.11. The topological polar surface area (TPSA) is 58.2 Å². The summed E-state index contributed by atoms with van der Waals surface area (Å²) in [5.41, 5.74) is 0. The lowest BCUT2D eigenvalue weighted by atomic mass is 9.94. The predicted octanol–water partition coefficient (Wildman–Crippen LogP) is 1.09. The third-order valence-corrected chi connectivity index (χ3v) is 2.58. The van der Waals surface area contributed by atoms with E-state index < -0.39 is 0 Å². The van der Waals surface area contributed by atoms with Gasteiger partial charge in [-0.05, 0) is 17.9 Å². The van der Waals surface area contributed by atoms with Crippen molar-refractivity contribution in [2.24, 2.45) is 11.8 Å². The molecule has 0 rings (SSSR count). The smallest absolute Gasteiger partial charge is 0.243 e. The summed E-state index contributed by atoms with van der Waals surface area (Å²) in [5, 5.41) is 5.35. The van der Waals surface area contributed by atoms with Gasteiger partial charge in [-0.2, -0.15) is 0 Å². The number of nitrogens with one attached hydrogen (secondary N) is 2. The van der Waals surface area contributed by atoms with Crippen LogP contribution < -0.4 is 10.6 Å². The Labute approximate surface area is 97.5 Å². The molecule has 0 aliphatic carbocycles. The van der Waals surface area contributed by atoms with Crippen molar-refractivity contribution >= 4 is 11.8 Å². The lowest BCUT2D eigenvalue weighted by Crippen LogP contribution is -2.34. The van der Waals surface area contributed by atoms with Crippen LogP contribution in [0.5, 0.6) is 0 Å². The molecule has 0 saturated heterocycles. The van der Waals surface area contributed by atoms with E-state index >= 15 is 0 Å². The van der Waals surface area contributed by atoms with Crippen molar-refractivity contribution in [3.63, 3.8) is 0 Å². The molecule has 0 aromatic heterocycles. The SMILES string of the molecule is C=CC(=O)NCCNC(=O)CC(C)C(C)C. The van der Waals surface area contributed by atoms with E-state index in [4.69, 9.17) is 0 Å². The van der Waals surface area contributed by atoms with Gasteiger partial charge < -0.3 is 10.6 Å². The summed E-state index contributed by atoms with van der Waals surface area (Å²) >= 11 is 0. The molecule has 2 amide bonds. The van der Waals surface area contributed by atoms with Gasteiger partial charge in [-0.3, -0.25) is 9.59 Å². The summed E-state index contributed by atoms with van der Waals surface area (Å²) in [6.07, 6.45) is 1.75. The fourth-order valence-electron chi connectivity index (χ4n) is 1.06. The molecule has 0 heterocycles. The summed E-state index contributed by atoms with van der Waals surface area (Å²) in [5.74, 6) is 0.702. The molecule has 2 N–H and O–H groups in total. The van der Waals surface area contributed by atoms with Gasteiger partial charge in [-0.15, -0.1) is 0 Å². The number of hydrogen-bond donors (Lipinski definition) is 2. The van der Waals surface area contributed by atoms with Crippen LogP contribution in [0.15, 0.2) is 12.7 Å². The average molecular weight is 226 g/mol. The third-order valence-electron chi connectivity index (χ3n) is 2.58. The molecular formula is C12H22N2O2. The second-order valence-electron chi connectivity index (χ2n) is 4.27. The zero-order valence-electron chi connectivity index (χ0n) is 10.4. The highest BCUT2D eigenvalue weighted by atomic mass is 16.2. The van der Waals surface area contributed by atoms with Crippen molar-refractivity contribution in [2.45, 2.75) is 27.2 Å². The Morgan fingerprint density at radius 3 is 2.25 bits per heavy atom. The molecule has 92 valence electrons. The molecule has 0 aromatic carbocycles. The summed E-state index contributed by atoms with van der Waals surface area (Å²) in [7, 11) is 0. The van der Waals surface area contributed by atoms with Crippen LogP contribution in [0, 0.1) is 11.8 Å². The average Bonchev–Trinajstić information content (AvgIpc) is 2.23. The molecule has 0 aliphatic rings. The van der Waals surface area contributed by atoms with Crippen molar-refractivity contribution in [3.05, 3.63) is 12.7 Å². The van der Waals surface area contributed by atoms with Gasteiger partial charge in [0.25, 0.3) is 0 Å². The first-order valence-electron chi connectivity index (χ1n) is 5.64. The lowest BCUT2D eigenvalue weighted by Gasteiger charge is -2.14. The van der Waals surface area contributed by atoms with Crippen molar-refractivity contribution < 1.29 is 9.59 Å². The Morgan fingerprint density at radius 2 is 1.75 bits per heavy atom. The molecule has 4 heteroatoms. The van der Waals surface area contributed by atoms with E-state index in [0.29, 0.717) is 31.3 Å². The van der Waals surface area contributed by atoms with Gasteiger partial charge in [-0.25, -0.2) is 0 Å². The van der Waals surface area contributed by atoms with Crippen molar-refractivity contribution in [1.82, 2.24) is 10.6 Å². The van der Waals surface area contributed by atoms with Gasteiger partial charge in [0.1, 0.15) is 0 Å². The standard InChI is InChI=1S/C12H22N2O2/c1-5-11(15)13-6-7-14-12(16)8-10(4)9(2)3/h5,9-10H,1,6-8H2,2-4H3,(H,13,15)(H,14,16). The van der Waals surface area contributed by atoms with E-state index in [2.05, 4.69) is 38.0 Å². The highest BCUT2D eigenvalue weighted by molar-refractivity contribution is 5.86. The van der Waals surface area contributed by atoms with E-state index in [9.17, 15) is 9.59 Å². The van der Waals surface area contributed by atoms with Gasteiger partial charge in [-0.1, -0.05) is 27.4 Å². The number of rotatable bonds is 7. The normalized spacial score (nSPS) is 12.0. The van der Waals surface area contributed by atoms with E-state index in [-0.39, 0.29) is 11.8 Å². The van der Waals surface area contributed by atoms with Crippen LogP contribution in [0.4, 0.5) is 0 Å². The van der Waals surface area contributed by atoms with Crippen LogP contribution >= 0.6 is 0 Å². The van der Waals surface area contributed by atoms with Gasteiger partial charge in [0.15, 0.2) is 0 Å². The second-order valence-corrected chi connectivity index (χ2v) is 4.27. The Bertz CT molecular complexity index is 249. The predicted molar refractivity (Wildman–Crippen MR) is 64.8 cm³/mol. The Hall–Kier alpha value is -1.32. The first-order valence-corrected chi connectivity index (χ1v) is 5.64. The number of amides is 2. The molecule has 0 bridgehead atoms. The zero-order chi connectivity index (χ0) is 12.6. The molecule has 0 radical (unpaired) electrons. The second kappa shape index (κ2) is 7.91. The minimum atomic E-state index is -0.218.